The zero-order valence-electron chi connectivity index (χ0n) is 18.6. The molecule has 0 fully saturated rings. The second-order valence-electron chi connectivity index (χ2n) is 8.20. The van der Waals surface area contributed by atoms with Crippen molar-refractivity contribution in [3.05, 3.63) is 94.9 Å². The zero-order valence-corrected chi connectivity index (χ0v) is 18.6. The second kappa shape index (κ2) is 8.82. The summed E-state index contributed by atoms with van der Waals surface area (Å²) in [5, 5.41) is 4.62. The minimum atomic E-state index is -0.509. The molecular formula is C26H23N5O3. The number of nitrogens with one attached hydrogen (secondary N) is 3. The second-order valence-corrected chi connectivity index (χ2v) is 8.20. The van der Waals surface area contributed by atoms with Gasteiger partial charge in [-0.2, -0.15) is 5.10 Å². The van der Waals surface area contributed by atoms with Crippen molar-refractivity contribution in [3.63, 3.8) is 0 Å². The van der Waals surface area contributed by atoms with E-state index in [2.05, 4.69) is 20.9 Å². The first-order chi connectivity index (χ1) is 16.5. The van der Waals surface area contributed by atoms with Gasteiger partial charge in [0.1, 0.15) is 11.4 Å². The summed E-state index contributed by atoms with van der Waals surface area (Å²) in [7, 11) is 0. The molecule has 0 spiro atoms. The monoisotopic (exact) mass is 453 g/mol. The Morgan fingerprint density at radius 2 is 1.62 bits per heavy atom. The van der Waals surface area contributed by atoms with Crippen LogP contribution < -0.4 is 10.9 Å². The molecule has 4 aromatic rings. The lowest BCUT2D eigenvalue weighted by Gasteiger charge is -2.09. The van der Waals surface area contributed by atoms with Crippen LogP contribution in [0.25, 0.3) is 16.9 Å². The highest BCUT2D eigenvalue weighted by Crippen LogP contribution is 2.27. The van der Waals surface area contributed by atoms with Gasteiger partial charge in [-0.1, -0.05) is 48.5 Å². The summed E-state index contributed by atoms with van der Waals surface area (Å²) in [5.74, 6) is -0.969. The molecule has 0 saturated carbocycles. The quantitative estimate of drug-likeness (QED) is 0.409. The minimum absolute atomic E-state index is 0.0407. The molecule has 0 unspecified atom stereocenters. The normalized spacial score (nSPS) is 12.8. The van der Waals surface area contributed by atoms with Gasteiger partial charge in [0.15, 0.2) is 5.78 Å². The maximum Gasteiger partial charge on any atom is 0.286 e. The average molecular weight is 454 g/mol. The van der Waals surface area contributed by atoms with E-state index in [1.807, 2.05) is 60.7 Å². The SMILES string of the molecule is Cc1c(C(=O)NNC(=O)c2cn(-c3ccccc3)nc2-c2ccccc2)[nH]c2c1C(=O)CCC2. The molecule has 2 aromatic heterocycles. The highest BCUT2D eigenvalue weighted by molar-refractivity contribution is 6.05. The van der Waals surface area contributed by atoms with Crippen LogP contribution in [0.2, 0.25) is 0 Å². The molecule has 34 heavy (non-hydrogen) atoms. The van der Waals surface area contributed by atoms with Crippen LogP contribution in [0, 0.1) is 6.92 Å². The van der Waals surface area contributed by atoms with Gasteiger partial charge in [-0.15, -0.1) is 0 Å². The number of aromatic nitrogens is 3. The first kappa shape index (κ1) is 21.4. The number of H-pyrrole nitrogens is 1. The van der Waals surface area contributed by atoms with E-state index in [4.69, 9.17) is 0 Å². The highest BCUT2D eigenvalue weighted by Gasteiger charge is 2.27. The van der Waals surface area contributed by atoms with E-state index in [1.165, 1.54) is 0 Å². The fourth-order valence-electron chi connectivity index (χ4n) is 4.31. The molecule has 170 valence electrons. The maximum absolute atomic E-state index is 13.1. The summed E-state index contributed by atoms with van der Waals surface area (Å²) < 4.78 is 1.63. The first-order valence-corrected chi connectivity index (χ1v) is 11.1. The van der Waals surface area contributed by atoms with E-state index >= 15 is 0 Å². The first-order valence-electron chi connectivity index (χ1n) is 11.1. The van der Waals surface area contributed by atoms with Crippen molar-refractivity contribution < 1.29 is 14.4 Å². The summed E-state index contributed by atoms with van der Waals surface area (Å²) in [5.41, 5.74) is 9.62. The van der Waals surface area contributed by atoms with E-state index in [1.54, 1.807) is 17.8 Å². The molecule has 2 heterocycles. The van der Waals surface area contributed by atoms with Crippen LogP contribution in [0.4, 0.5) is 0 Å². The minimum Gasteiger partial charge on any atom is -0.354 e. The number of ketones is 1. The van der Waals surface area contributed by atoms with E-state index in [9.17, 15) is 14.4 Å². The van der Waals surface area contributed by atoms with Crippen LogP contribution >= 0.6 is 0 Å². The van der Waals surface area contributed by atoms with E-state index in [0.29, 0.717) is 28.8 Å². The Morgan fingerprint density at radius 3 is 2.32 bits per heavy atom. The van der Waals surface area contributed by atoms with Crippen molar-refractivity contribution in [1.29, 1.82) is 0 Å². The Bertz CT molecular complexity index is 1390. The van der Waals surface area contributed by atoms with Gasteiger partial charge in [-0.25, -0.2) is 4.68 Å². The molecular weight excluding hydrogens is 430 g/mol. The fraction of sp³-hybridized carbons (Fsp3) is 0.154. The topological polar surface area (TPSA) is 109 Å². The van der Waals surface area contributed by atoms with Gasteiger partial charge in [0.25, 0.3) is 11.8 Å². The Hall–Kier alpha value is -4.46. The van der Waals surface area contributed by atoms with Crippen LogP contribution in [0.15, 0.2) is 66.9 Å². The molecule has 5 rings (SSSR count). The lowest BCUT2D eigenvalue weighted by atomic mass is 9.94. The number of hydrogen-bond acceptors (Lipinski definition) is 4. The number of benzene rings is 2. The molecule has 8 heteroatoms. The van der Waals surface area contributed by atoms with Crippen molar-refractivity contribution in [2.45, 2.75) is 26.2 Å². The van der Waals surface area contributed by atoms with Crippen LogP contribution in [0.1, 0.15) is 55.3 Å². The van der Waals surface area contributed by atoms with Crippen LogP contribution in [0.3, 0.4) is 0 Å². The zero-order chi connectivity index (χ0) is 23.7. The molecule has 0 radical (unpaired) electrons. The third-order valence-electron chi connectivity index (χ3n) is 5.98. The van der Waals surface area contributed by atoms with Gasteiger partial charge < -0.3 is 4.98 Å². The number of carbonyl (C=O) groups excluding carboxylic acids is 3. The smallest absolute Gasteiger partial charge is 0.286 e. The number of fused-ring (bicyclic) bond motifs is 1. The van der Waals surface area contributed by atoms with Crippen molar-refractivity contribution in [1.82, 2.24) is 25.6 Å². The number of amides is 2. The average Bonchev–Trinajstić information content (AvgIpc) is 3.46. The number of rotatable bonds is 4. The molecule has 0 aliphatic heterocycles. The van der Waals surface area contributed by atoms with Crippen LogP contribution in [-0.4, -0.2) is 32.4 Å². The Labute approximate surface area is 196 Å². The predicted molar refractivity (Wildman–Crippen MR) is 127 cm³/mol. The number of carbonyl (C=O) groups is 3. The lowest BCUT2D eigenvalue weighted by molar-refractivity contribution is 0.0844. The fourth-order valence-corrected chi connectivity index (χ4v) is 4.31. The summed E-state index contributed by atoms with van der Waals surface area (Å²) in [6, 6.07) is 18.8. The molecule has 3 N–H and O–H groups in total. The van der Waals surface area contributed by atoms with Gasteiger partial charge in [-0.05, 0) is 37.5 Å². The van der Waals surface area contributed by atoms with Gasteiger partial charge in [0, 0.05) is 29.4 Å². The van der Waals surface area contributed by atoms with Gasteiger partial charge in [0.05, 0.1) is 11.3 Å². The molecule has 2 amide bonds. The van der Waals surface area contributed by atoms with Gasteiger partial charge in [0.2, 0.25) is 0 Å². The van der Waals surface area contributed by atoms with Crippen molar-refractivity contribution in [3.8, 4) is 16.9 Å². The molecule has 0 saturated heterocycles. The van der Waals surface area contributed by atoms with Crippen LogP contribution in [0.5, 0.6) is 0 Å². The van der Waals surface area contributed by atoms with E-state index < -0.39 is 11.8 Å². The van der Waals surface area contributed by atoms with Crippen LogP contribution in [-0.2, 0) is 6.42 Å². The molecule has 1 aliphatic rings. The Morgan fingerprint density at radius 1 is 0.941 bits per heavy atom. The van der Waals surface area contributed by atoms with Crippen molar-refractivity contribution in [2.24, 2.45) is 0 Å². The largest absolute Gasteiger partial charge is 0.354 e. The number of para-hydroxylation sites is 1. The summed E-state index contributed by atoms with van der Waals surface area (Å²) in [4.78, 5) is 41.2. The maximum atomic E-state index is 13.1. The van der Waals surface area contributed by atoms with Gasteiger partial charge >= 0.3 is 0 Å². The number of hydrogen-bond donors (Lipinski definition) is 3. The molecule has 2 aromatic carbocycles. The predicted octanol–water partition coefficient (Wildman–Crippen LogP) is 3.77. The number of Topliss-reactive ketones (excluding diaryl/α,β-unsaturated/α-hetero) is 1. The standard InChI is InChI=1S/C26H23N5O3/c1-16-22-20(13-8-14-21(22)32)27-23(16)26(34)29-28-25(33)19-15-31(18-11-6-3-7-12-18)30-24(19)17-9-4-2-5-10-17/h2-7,9-12,15,27H,8,13-14H2,1H3,(H,28,33)(H,29,34). The number of hydrazine groups is 1. The van der Waals surface area contributed by atoms with Crippen molar-refractivity contribution in [2.75, 3.05) is 0 Å². The van der Waals surface area contributed by atoms with Gasteiger partial charge in [-0.3, -0.25) is 25.2 Å². The molecule has 8 nitrogen and oxygen atoms in total. The van der Waals surface area contributed by atoms with E-state index in [0.717, 1.165) is 29.8 Å². The van der Waals surface area contributed by atoms with E-state index in [-0.39, 0.29) is 11.5 Å². The number of nitrogens with zero attached hydrogens (tertiary/aromatic N) is 2. The number of aromatic amines is 1. The Balaban J connectivity index is 1.40. The number of aryl methyl sites for hydroxylation is 1. The lowest BCUT2D eigenvalue weighted by Crippen LogP contribution is -2.42. The molecule has 0 atom stereocenters. The molecule has 0 bridgehead atoms. The molecule has 1 aliphatic carbocycles. The third-order valence-corrected chi connectivity index (χ3v) is 5.98. The third kappa shape index (κ3) is 3.90. The summed E-state index contributed by atoms with van der Waals surface area (Å²) in [6.45, 7) is 1.74. The van der Waals surface area contributed by atoms with Crippen molar-refractivity contribution >= 4 is 17.6 Å². The summed E-state index contributed by atoms with van der Waals surface area (Å²) in [6.07, 6.45) is 3.60. The highest BCUT2D eigenvalue weighted by atomic mass is 16.2. The summed E-state index contributed by atoms with van der Waals surface area (Å²) >= 11 is 0. The Kier molecular flexibility index (Phi) is 5.55.